The molecule has 1 aromatic carbocycles. The van der Waals surface area contributed by atoms with E-state index in [0.717, 1.165) is 11.4 Å². The first-order chi connectivity index (χ1) is 9.83. The van der Waals surface area contributed by atoms with Crippen molar-refractivity contribution < 1.29 is 0 Å². The van der Waals surface area contributed by atoms with E-state index in [1.54, 1.807) is 16.0 Å². The second kappa shape index (κ2) is 4.24. The van der Waals surface area contributed by atoms with Gasteiger partial charge >= 0.3 is 0 Å². The maximum absolute atomic E-state index is 4.57. The first-order valence-corrected chi connectivity index (χ1v) is 6.94. The van der Waals surface area contributed by atoms with Gasteiger partial charge in [0.15, 0.2) is 11.6 Å². The van der Waals surface area contributed by atoms with Gasteiger partial charge in [-0.1, -0.05) is 18.2 Å². The summed E-state index contributed by atoms with van der Waals surface area (Å²) < 4.78 is 3.01. The highest BCUT2D eigenvalue weighted by Gasteiger charge is 2.15. The molecule has 7 heteroatoms. The van der Waals surface area contributed by atoms with Gasteiger partial charge in [-0.25, -0.2) is 14.6 Å². The summed E-state index contributed by atoms with van der Waals surface area (Å²) in [7, 11) is 1.88. The number of thiophene rings is 1. The van der Waals surface area contributed by atoms with Crippen LogP contribution in [-0.2, 0) is 7.05 Å². The van der Waals surface area contributed by atoms with Crippen LogP contribution < -0.4 is 0 Å². The fourth-order valence-electron chi connectivity index (χ4n) is 2.18. The van der Waals surface area contributed by atoms with Gasteiger partial charge in [-0.3, -0.25) is 5.10 Å². The van der Waals surface area contributed by atoms with Crippen molar-refractivity contribution in [3.63, 3.8) is 0 Å². The van der Waals surface area contributed by atoms with Gasteiger partial charge < -0.3 is 0 Å². The van der Waals surface area contributed by atoms with Crippen molar-refractivity contribution in [1.82, 2.24) is 29.9 Å². The molecular weight excluding hydrogens is 272 g/mol. The first kappa shape index (κ1) is 11.3. The summed E-state index contributed by atoms with van der Waals surface area (Å²) in [5.74, 6) is 1.95. The summed E-state index contributed by atoms with van der Waals surface area (Å²) >= 11 is 1.71. The van der Waals surface area contributed by atoms with Gasteiger partial charge in [0.2, 0.25) is 5.82 Å². The Morgan fingerprint density at radius 3 is 3.00 bits per heavy atom. The molecule has 0 saturated carbocycles. The average Bonchev–Trinajstić information content (AvgIpc) is 3.16. The smallest absolute Gasteiger partial charge is 0.219 e. The minimum Gasteiger partial charge on any atom is -0.257 e. The van der Waals surface area contributed by atoms with Crippen molar-refractivity contribution in [2.24, 2.45) is 7.05 Å². The van der Waals surface area contributed by atoms with Gasteiger partial charge in [-0.05, 0) is 6.07 Å². The summed E-state index contributed by atoms with van der Waals surface area (Å²) in [5, 5.41) is 14.3. The van der Waals surface area contributed by atoms with Crippen LogP contribution in [0.15, 0.2) is 36.0 Å². The van der Waals surface area contributed by atoms with Crippen molar-refractivity contribution in [3.8, 4) is 23.0 Å². The number of nitrogens with zero attached hydrogens (tertiary/aromatic N) is 5. The van der Waals surface area contributed by atoms with Crippen LogP contribution in [0, 0.1) is 0 Å². The fraction of sp³-hybridized carbons (Fsp3) is 0.0769. The van der Waals surface area contributed by atoms with Crippen LogP contribution in [0.3, 0.4) is 0 Å². The molecular formula is C13H10N6S. The zero-order valence-corrected chi connectivity index (χ0v) is 11.4. The second-order valence-corrected chi connectivity index (χ2v) is 5.27. The van der Waals surface area contributed by atoms with Crippen LogP contribution in [0.5, 0.6) is 0 Å². The third-order valence-corrected chi connectivity index (χ3v) is 4.08. The highest BCUT2D eigenvalue weighted by atomic mass is 32.1. The predicted molar refractivity (Wildman–Crippen MR) is 77.2 cm³/mol. The number of rotatable bonds is 2. The number of benzene rings is 1. The molecule has 0 aliphatic heterocycles. The lowest BCUT2D eigenvalue weighted by molar-refractivity contribution is 0.776. The Kier molecular flexibility index (Phi) is 2.40. The van der Waals surface area contributed by atoms with E-state index in [1.165, 1.54) is 16.4 Å². The average molecular weight is 282 g/mol. The third-order valence-electron chi connectivity index (χ3n) is 3.11. The molecule has 6 nitrogen and oxygen atoms in total. The van der Waals surface area contributed by atoms with Gasteiger partial charge in [-0.2, -0.15) is 5.10 Å². The van der Waals surface area contributed by atoms with Crippen LogP contribution in [0.4, 0.5) is 0 Å². The van der Waals surface area contributed by atoms with Crippen LogP contribution in [0.25, 0.3) is 33.1 Å². The maximum atomic E-state index is 4.57. The Labute approximate surface area is 118 Å². The van der Waals surface area contributed by atoms with Gasteiger partial charge in [0, 0.05) is 28.1 Å². The summed E-state index contributed by atoms with van der Waals surface area (Å²) in [5.41, 5.74) is 1.09. The number of aromatic amines is 1. The summed E-state index contributed by atoms with van der Waals surface area (Å²) in [6.07, 6.45) is 1.45. The van der Waals surface area contributed by atoms with Crippen molar-refractivity contribution in [2.45, 2.75) is 0 Å². The SMILES string of the molecule is Cn1nc(-c2ncn[nH]2)nc1-c1csc2ccccc12. The summed E-state index contributed by atoms with van der Waals surface area (Å²) in [4.78, 5) is 8.65. The lowest BCUT2D eigenvalue weighted by atomic mass is 10.2. The molecule has 4 aromatic rings. The minimum absolute atomic E-state index is 0.551. The standard InChI is InChI=1S/C13H10N6S/c1-19-13(16-12(18-19)11-14-7-15-17-11)9-6-20-10-5-3-2-4-8(9)10/h2-7H,1H3,(H,14,15,17). The van der Waals surface area contributed by atoms with Crippen LogP contribution >= 0.6 is 11.3 Å². The monoisotopic (exact) mass is 282 g/mol. The number of aryl methyl sites for hydroxylation is 1. The molecule has 4 rings (SSSR count). The van der Waals surface area contributed by atoms with Gasteiger partial charge in [0.1, 0.15) is 6.33 Å². The molecule has 20 heavy (non-hydrogen) atoms. The van der Waals surface area contributed by atoms with E-state index >= 15 is 0 Å². The molecule has 0 radical (unpaired) electrons. The number of aromatic nitrogens is 6. The van der Waals surface area contributed by atoms with Crippen LogP contribution in [0.2, 0.25) is 0 Å². The van der Waals surface area contributed by atoms with Crippen molar-refractivity contribution in [2.75, 3.05) is 0 Å². The van der Waals surface area contributed by atoms with Crippen LogP contribution in [-0.4, -0.2) is 29.9 Å². The molecule has 1 N–H and O–H groups in total. The van der Waals surface area contributed by atoms with Crippen molar-refractivity contribution >= 4 is 21.4 Å². The third kappa shape index (κ3) is 1.64. The molecule has 0 amide bonds. The number of H-pyrrole nitrogens is 1. The molecule has 0 fully saturated rings. The Morgan fingerprint density at radius 1 is 1.25 bits per heavy atom. The topological polar surface area (TPSA) is 72.3 Å². The Bertz CT molecular complexity index is 873. The molecule has 0 unspecified atom stereocenters. The highest BCUT2D eigenvalue weighted by Crippen LogP contribution is 2.33. The number of fused-ring (bicyclic) bond motifs is 1. The molecule has 0 bridgehead atoms. The van der Waals surface area contributed by atoms with Gasteiger partial charge in [-0.15, -0.1) is 16.4 Å². The number of hydrogen-bond donors (Lipinski definition) is 1. The quantitative estimate of drug-likeness (QED) is 0.613. The maximum Gasteiger partial charge on any atom is 0.219 e. The van der Waals surface area contributed by atoms with E-state index in [1.807, 2.05) is 19.2 Å². The van der Waals surface area contributed by atoms with Crippen LogP contribution in [0.1, 0.15) is 0 Å². The molecule has 0 atom stereocenters. The summed E-state index contributed by atoms with van der Waals surface area (Å²) in [6, 6.07) is 8.28. The second-order valence-electron chi connectivity index (χ2n) is 4.36. The van der Waals surface area contributed by atoms with E-state index in [9.17, 15) is 0 Å². The Morgan fingerprint density at radius 2 is 2.15 bits per heavy atom. The highest BCUT2D eigenvalue weighted by molar-refractivity contribution is 7.17. The zero-order valence-electron chi connectivity index (χ0n) is 10.6. The molecule has 0 aliphatic carbocycles. The molecule has 3 heterocycles. The molecule has 98 valence electrons. The van der Waals surface area contributed by atoms with Crippen molar-refractivity contribution in [1.29, 1.82) is 0 Å². The van der Waals surface area contributed by atoms with E-state index in [0.29, 0.717) is 11.6 Å². The Hall–Kier alpha value is -2.54. The molecule has 0 saturated heterocycles. The lowest BCUT2D eigenvalue weighted by Crippen LogP contribution is -1.93. The van der Waals surface area contributed by atoms with E-state index in [-0.39, 0.29) is 0 Å². The van der Waals surface area contributed by atoms with E-state index in [2.05, 4.69) is 42.8 Å². The fourth-order valence-corrected chi connectivity index (χ4v) is 3.12. The summed E-state index contributed by atoms with van der Waals surface area (Å²) in [6.45, 7) is 0. The Balaban J connectivity index is 1.90. The number of hydrogen-bond acceptors (Lipinski definition) is 5. The number of nitrogens with one attached hydrogen (secondary N) is 1. The molecule has 0 aliphatic rings. The normalized spacial score (nSPS) is 11.2. The van der Waals surface area contributed by atoms with Gasteiger partial charge in [0.05, 0.1) is 0 Å². The van der Waals surface area contributed by atoms with Crippen molar-refractivity contribution in [3.05, 3.63) is 36.0 Å². The minimum atomic E-state index is 0.551. The predicted octanol–water partition coefficient (Wildman–Crippen LogP) is 2.48. The lowest BCUT2D eigenvalue weighted by Gasteiger charge is -1.97. The molecule has 0 spiro atoms. The van der Waals surface area contributed by atoms with E-state index < -0.39 is 0 Å². The van der Waals surface area contributed by atoms with Gasteiger partial charge in [0.25, 0.3) is 0 Å². The zero-order chi connectivity index (χ0) is 13.5. The van der Waals surface area contributed by atoms with E-state index in [4.69, 9.17) is 0 Å². The first-order valence-electron chi connectivity index (χ1n) is 6.06. The molecule has 3 aromatic heterocycles. The largest absolute Gasteiger partial charge is 0.257 e.